The number of hydrogen-bond acceptors (Lipinski definition) is 7. The molecule has 0 bridgehead atoms. The molecule has 0 saturated carbocycles. The lowest BCUT2D eigenvalue weighted by Gasteiger charge is -2.31. The van der Waals surface area contributed by atoms with Gasteiger partial charge < -0.3 is 24.7 Å². The summed E-state index contributed by atoms with van der Waals surface area (Å²) in [4.78, 5) is 37.5. The molecule has 2 aromatic rings. The van der Waals surface area contributed by atoms with Gasteiger partial charge in [0.25, 0.3) is 5.52 Å². The highest BCUT2D eigenvalue weighted by molar-refractivity contribution is 5.99. The van der Waals surface area contributed by atoms with Crippen LogP contribution in [0.3, 0.4) is 0 Å². The van der Waals surface area contributed by atoms with Gasteiger partial charge in [-0.25, -0.2) is 9.59 Å². The number of carbonyl (C=O) groups is 2. The van der Waals surface area contributed by atoms with Crippen molar-refractivity contribution >= 4 is 23.0 Å². The highest BCUT2D eigenvalue weighted by Crippen LogP contribution is 2.39. The van der Waals surface area contributed by atoms with Gasteiger partial charge in [-0.15, -0.1) is 0 Å². The number of allylic oxidation sites excluding steroid dienone is 2. The van der Waals surface area contributed by atoms with Crippen LogP contribution in [0.4, 0.5) is 0 Å². The Hall–Kier alpha value is -3.62. The Morgan fingerprint density at radius 1 is 1.07 bits per heavy atom. The number of fused-ring (bicyclic) bond motifs is 1. The zero-order valence-electron chi connectivity index (χ0n) is 15.8. The second-order valence-electron chi connectivity index (χ2n) is 6.28. The molecule has 1 N–H and O–H groups in total. The van der Waals surface area contributed by atoms with Crippen LogP contribution in [0.5, 0.6) is 0 Å². The molecule has 1 aromatic carbocycles. The summed E-state index contributed by atoms with van der Waals surface area (Å²) in [6.07, 6.45) is 1.07. The van der Waals surface area contributed by atoms with Crippen molar-refractivity contribution in [2.75, 3.05) is 14.2 Å². The van der Waals surface area contributed by atoms with Crippen molar-refractivity contribution in [3.8, 4) is 0 Å². The fourth-order valence-corrected chi connectivity index (χ4v) is 3.45. The largest absolute Gasteiger partial charge is 0.805 e. The number of methoxy groups -OCH3 is 2. The van der Waals surface area contributed by atoms with Crippen LogP contribution in [0.2, 0.25) is 0 Å². The number of para-hydroxylation sites is 2. The van der Waals surface area contributed by atoms with Crippen LogP contribution in [0.1, 0.15) is 25.5 Å². The molecule has 1 aliphatic heterocycles. The van der Waals surface area contributed by atoms with Crippen molar-refractivity contribution in [1.82, 2.24) is 10.0 Å². The predicted octanol–water partition coefficient (Wildman–Crippen LogP) is 1.48. The van der Waals surface area contributed by atoms with Crippen LogP contribution in [0, 0.1) is 10.1 Å². The molecule has 0 fully saturated rings. The summed E-state index contributed by atoms with van der Waals surface area (Å²) < 4.78 is 10.8. The molecule has 28 heavy (non-hydrogen) atoms. The minimum atomic E-state index is -1.14. The third-order valence-electron chi connectivity index (χ3n) is 4.69. The topological polar surface area (TPSA) is 116 Å². The highest BCUT2D eigenvalue weighted by atomic mass is 16.5. The molecular formula is C19H19N3O6. The molecule has 0 atom stereocenters. The maximum atomic E-state index is 13.1. The van der Waals surface area contributed by atoms with Crippen LogP contribution in [-0.4, -0.2) is 30.9 Å². The molecule has 1 aliphatic rings. The van der Waals surface area contributed by atoms with E-state index in [4.69, 9.17) is 9.47 Å². The fraction of sp³-hybridized carbons (Fsp3) is 0.263. The van der Waals surface area contributed by atoms with E-state index in [1.807, 2.05) is 0 Å². The molecule has 9 heteroatoms. The van der Waals surface area contributed by atoms with E-state index in [-0.39, 0.29) is 27.9 Å². The predicted molar refractivity (Wildman–Crippen MR) is 99.4 cm³/mol. The van der Waals surface area contributed by atoms with Crippen molar-refractivity contribution in [2.45, 2.75) is 19.8 Å². The Bertz CT molecular complexity index is 1070. The van der Waals surface area contributed by atoms with Crippen molar-refractivity contribution in [1.29, 1.82) is 0 Å². The van der Waals surface area contributed by atoms with Gasteiger partial charge in [0.2, 0.25) is 6.20 Å². The number of hydrogen-bond donors (Lipinski definition) is 1. The smallest absolute Gasteiger partial charge is 0.336 e. The SMILES string of the molecule is COC(=O)C1=C(C)NC(C)=C(C(=O)OC)C1c1c[n+](=O)c2ccccc2n1[O-]. The number of esters is 2. The van der Waals surface area contributed by atoms with E-state index in [1.165, 1.54) is 26.4 Å². The second kappa shape index (κ2) is 7.18. The summed E-state index contributed by atoms with van der Waals surface area (Å²) in [5.74, 6) is -2.59. The number of carbonyl (C=O) groups excluding carboxylic acids is 2. The van der Waals surface area contributed by atoms with Crippen molar-refractivity contribution < 1.29 is 23.5 Å². The van der Waals surface area contributed by atoms with Gasteiger partial charge in [-0.3, -0.25) is 0 Å². The lowest BCUT2D eigenvalue weighted by Crippen LogP contribution is -2.34. The quantitative estimate of drug-likeness (QED) is 0.628. The first-order chi connectivity index (χ1) is 13.3. The van der Waals surface area contributed by atoms with E-state index in [2.05, 4.69) is 5.32 Å². The zero-order chi connectivity index (χ0) is 20.6. The average Bonchev–Trinajstić information content (AvgIpc) is 2.69. The third kappa shape index (κ3) is 2.90. The molecule has 2 heterocycles. The molecule has 0 aliphatic carbocycles. The number of ether oxygens (including phenoxy) is 2. The zero-order valence-corrected chi connectivity index (χ0v) is 15.8. The molecule has 0 amide bonds. The van der Waals surface area contributed by atoms with Gasteiger partial charge in [0.05, 0.1) is 41.4 Å². The van der Waals surface area contributed by atoms with Crippen molar-refractivity contribution in [2.24, 2.45) is 0 Å². The Morgan fingerprint density at radius 2 is 1.61 bits per heavy atom. The minimum absolute atomic E-state index is 0.0494. The van der Waals surface area contributed by atoms with Gasteiger partial charge in [-0.2, -0.15) is 0 Å². The molecule has 9 nitrogen and oxygen atoms in total. The maximum Gasteiger partial charge on any atom is 0.336 e. The number of nitrogens with zero attached hydrogens (tertiary/aromatic N) is 2. The molecule has 0 unspecified atom stereocenters. The van der Waals surface area contributed by atoms with E-state index < -0.39 is 17.9 Å². The van der Waals surface area contributed by atoms with Gasteiger partial charge in [0, 0.05) is 22.4 Å². The van der Waals surface area contributed by atoms with Gasteiger partial charge >= 0.3 is 11.9 Å². The number of rotatable bonds is 3. The van der Waals surface area contributed by atoms with Crippen LogP contribution in [0.25, 0.3) is 11.0 Å². The molecule has 3 rings (SSSR count). The molecule has 1 aromatic heterocycles. The van der Waals surface area contributed by atoms with E-state index in [0.29, 0.717) is 20.6 Å². The number of benzene rings is 1. The molecule has 146 valence electrons. The summed E-state index contributed by atoms with van der Waals surface area (Å²) in [6, 6.07) is 6.25. The summed E-state index contributed by atoms with van der Waals surface area (Å²) in [6.45, 7) is 3.25. The summed E-state index contributed by atoms with van der Waals surface area (Å²) in [5, 5.41) is 16.0. The van der Waals surface area contributed by atoms with Gasteiger partial charge in [-0.1, -0.05) is 12.1 Å². The maximum absolute atomic E-state index is 13.1. The Kier molecular flexibility index (Phi) is 4.91. The van der Waals surface area contributed by atoms with Crippen LogP contribution >= 0.6 is 0 Å². The van der Waals surface area contributed by atoms with Crippen molar-refractivity contribution in [3.63, 3.8) is 0 Å². The Labute approximate surface area is 160 Å². The first-order valence-corrected chi connectivity index (χ1v) is 8.41. The first-order valence-electron chi connectivity index (χ1n) is 8.41. The number of nitrogens with one attached hydrogen (secondary N) is 1. The average molecular weight is 385 g/mol. The molecule has 0 radical (unpaired) electrons. The standard InChI is InChI=1S/C19H19N3O6/c1-10-15(18(23)27-3)17(16(11(2)20-10)19(24)28-4)14-9-21(25)12-7-5-6-8-13(12)22(14)26/h5-9,17,20H,1-4H3. The number of dihydropyridines is 1. The van der Waals surface area contributed by atoms with E-state index in [9.17, 15) is 19.7 Å². The summed E-state index contributed by atoms with van der Waals surface area (Å²) >= 11 is 0. The van der Waals surface area contributed by atoms with E-state index in [0.717, 1.165) is 6.20 Å². The summed E-state index contributed by atoms with van der Waals surface area (Å²) in [7, 11) is 2.39. The highest BCUT2D eigenvalue weighted by Gasteiger charge is 2.40. The second-order valence-corrected chi connectivity index (χ2v) is 6.28. The first kappa shape index (κ1) is 19.2. The normalized spacial score (nSPS) is 14.9. The van der Waals surface area contributed by atoms with Crippen LogP contribution in [0.15, 0.2) is 53.0 Å². The lowest BCUT2D eigenvalue weighted by molar-refractivity contribution is -0.465. The molecular weight excluding hydrogens is 366 g/mol. The molecule has 0 spiro atoms. The fourth-order valence-electron chi connectivity index (χ4n) is 3.45. The van der Waals surface area contributed by atoms with Crippen LogP contribution < -0.4 is 9.74 Å². The third-order valence-corrected chi connectivity index (χ3v) is 4.69. The van der Waals surface area contributed by atoms with Gasteiger partial charge in [0.15, 0.2) is 0 Å². The lowest BCUT2D eigenvalue weighted by atomic mass is 9.83. The Balaban J connectivity index is 2.39. The van der Waals surface area contributed by atoms with Gasteiger partial charge in [0.1, 0.15) is 5.52 Å². The van der Waals surface area contributed by atoms with Crippen LogP contribution in [-0.2, 0) is 19.1 Å². The van der Waals surface area contributed by atoms with E-state index in [1.54, 1.807) is 26.0 Å². The van der Waals surface area contributed by atoms with Gasteiger partial charge in [-0.05, 0) is 19.9 Å². The minimum Gasteiger partial charge on any atom is -0.805 e. The number of aromatic nitrogens is 2. The van der Waals surface area contributed by atoms with Crippen molar-refractivity contribution in [3.05, 3.63) is 68.8 Å². The summed E-state index contributed by atoms with van der Waals surface area (Å²) in [5.41, 5.74) is 1.10. The van der Waals surface area contributed by atoms with E-state index >= 15 is 0 Å². The Morgan fingerprint density at radius 3 is 2.14 bits per heavy atom. The monoisotopic (exact) mass is 385 g/mol. The molecule has 0 saturated heterocycles.